The molecule has 0 aliphatic heterocycles. The van der Waals surface area contributed by atoms with Crippen molar-refractivity contribution in [3.63, 3.8) is 0 Å². The first-order chi connectivity index (χ1) is 13.3. The molecule has 2 unspecified atom stereocenters. The highest BCUT2D eigenvalue weighted by Crippen LogP contribution is 2.22. The van der Waals surface area contributed by atoms with E-state index in [9.17, 15) is 23.5 Å². The van der Waals surface area contributed by atoms with Crippen LogP contribution in [0.3, 0.4) is 0 Å². The van der Waals surface area contributed by atoms with Crippen molar-refractivity contribution in [1.29, 1.82) is 0 Å². The number of nitrogens with one attached hydrogen (secondary N) is 1. The molecule has 28 heavy (non-hydrogen) atoms. The van der Waals surface area contributed by atoms with Gasteiger partial charge in [0.05, 0.1) is 18.4 Å². The lowest BCUT2D eigenvalue weighted by Crippen LogP contribution is -2.36. The van der Waals surface area contributed by atoms with Crippen LogP contribution in [0.4, 0.5) is 8.78 Å². The lowest BCUT2D eigenvalue weighted by molar-refractivity contribution is -0.141. The van der Waals surface area contributed by atoms with Crippen molar-refractivity contribution in [2.24, 2.45) is 5.92 Å². The van der Waals surface area contributed by atoms with Crippen molar-refractivity contribution < 1.29 is 28.2 Å². The Hall–Kier alpha value is -2.96. The van der Waals surface area contributed by atoms with Crippen molar-refractivity contribution in [3.05, 3.63) is 65.2 Å². The Morgan fingerprint density at radius 2 is 1.71 bits per heavy atom. The normalized spacial score (nSPS) is 12.9. The van der Waals surface area contributed by atoms with Gasteiger partial charge in [-0.3, -0.25) is 9.59 Å². The van der Waals surface area contributed by atoms with Crippen LogP contribution in [0.1, 0.15) is 30.9 Å². The molecular formula is C21H23F2NO4. The first-order valence-corrected chi connectivity index (χ1v) is 8.99. The van der Waals surface area contributed by atoms with Crippen LogP contribution >= 0.6 is 0 Å². The number of ether oxygens (including phenoxy) is 1. The Kier molecular flexibility index (Phi) is 7.49. The van der Waals surface area contributed by atoms with E-state index in [1.807, 2.05) is 6.92 Å². The van der Waals surface area contributed by atoms with Gasteiger partial charge in [-0.15, -0.1) is 0 Å². The number of aliphatic carboxylic acids is 1. The molecule has 0 saturated carbocycles. The van der Waals surface area contributed by atoms with Gasteiger partial charge in [-0.05, 0) is 50.1 Å². The van der Waals surface area contributed by atoms with Gasteiger partial charge in [-0.1, -0.05) is 18.2 Å². The van der Waals surface area contributed by atoms with Gasteiger partial charge in [0.2, 0.25) is 5.91 Å². The lowest BCUT2D eigenvalue weighted by Gasteiger charge is -2.17. The summed E-state index contributed by atoms with van der Waals surface area (Å²) in [5.74, 6) is -4.60. The Balaban J connectivity index is 2.00. The van der Waals surface area contributed by atoms with E-state index in [4.69, 9.17) is 4.74 Å². The molecule has 2 N–H and O–H groups in total. The predicted octanol–water partition coefficient (Wildman–Crippen LogP) is 3.53. The zero-order chi connectivity index (χ0) is 20.7. The summed E-state index contributed by atoms with van der Waals surface area (Å²) in [4.78, 5) is 23.8. The largest absolute Gasteiger partial charge is 0.494 e. The summed E-state index contributed by atoms with van der Waals surface area (Å²) < 4.78 is 33.0. The van der Waals surface area contributed by atoms with Gasteiger partial charge < -0.3 is 15.2 Å². The van der Waals surface area contributed by atoms with Gasteiger partial charge in [0.15, 0.2) is 0 Å². The van der Waals surface area contributed by atoms with Crippen LogP contribution in [0, 0.1) is 17.6 Å². The van der Waals surface area contributed by atoms with E-state index in [2.05, 4.69) is 5.32 Å². The molecule has 0 aromatic heterocycles. The lowest BCUT2D eigenvalue weighted by atomic mass is 9.97. The molecule has 0 aliphatic carbocycles. The first-order valence-electron chi connectivity index (χ1n) is 8.99. The molecule has 0 fully saturated rings. The van der Waals surface area contributed by atoms with Crippen molar-refractivity contribution in [3.8, 4) is 5.75 Å². The topological polar surface area (TPSA) is 75.6 Å². The second-order valence-corrected chi connectivity index (χ2v) is 6.42. The van der Waals surface area contributed by atoms with Crippen LogP contribution in [0.15, 0.2) is 42.5 Å². The van der Waals surface area contributed by atoms with Gasteiger partial charge in [-0.2, -0.15) is 0 Å². The smallest absolute Gasteiger partial charge is 0.308 e. The minimum Gasteiger partial charge on any atom is -0.494 e. The van der Waals surface area contributed by atoms with Crippen molar-refractivity contribution in [2.75, 3.05) is 13.2 Å². The summed E-state index contributed by atoms with van der Waals surface area (Å²) in [6.07, 6.45) is 0.199. The molecular weight excluding hydrogens is 368 g/mol. The summed E-state index contributed by atoms with van der Waals surface area (Å²) >= 11 is 0. The molecule has 2 rings (SSSR count). The summed E-state index contributed by atoms with van der Waals surface area (Å²) in [6.45, 7) is 3.62. The Bertz CT molecular complexity index is 803. The maximum absolute atomic E-state index is 13.8. The quantitative estimate of drug-likeness (QED) is 0.686. The van der Waals surface area contributed by atoms with E-state index < -0.39 is 35.3 Å². The summed E-state index contributed by atoms with van der Waals surface area (Å²) in [5.41, 5.74) is 0.441. The standard InChI is InChI=1S/C21H23F2NO4/c1-3-28-16-9-7-14(8-10-16)11-15(21(26)27)12-24-20(25)13(2)19-17(22)5-4-6-18(19)23/h4-10,13,15H,3,11-12H2,1-2H3,(H,24,25)(H,26,27). The van der Waals surface area contributed by atoms with Crippen LogP contribution in [0.2, 0.25) is 0 Å². The molecule has 5 nitrogen and oxygen atoms in total. The fourth-order valence-corrected chi connectivity index (χ4v) is 2.85. The first kappa shape index (κ1) is 21.3. The molecule has 0 radical (unpaired) electrons. The number of carboxylic acids is 1. The van der Waals surface area contributed by atoms with Crippen LogP contribution in [-0.2, 0) is 16.0 Å². The molecule has 2 aromatic rings. The van der Waals surface area contributed by atoms with Crippen molar-refractivity contribution in [1.82, 2.24) is 5.32 Å². The van der Waals surface area contributed by atoms with Crippen LogP contribution in [-0.4, -0.2) is 30.1 Å². The van der Waals surface area contributed by atoms with Crippen molar-refractivity contribution >= 4 is 11.9 Å². The molecule has 0 heterocycles. The van der Waals surface area contributed by atoms with Gasteiger partial charge in [0.1, 0.15) is 17.4 Å². The third kappa shape index (κ3) is 5.52. The maximum Gasteiger partial charge on any atom is 0.308 e. The van der Waals surface area contributed by atoms with E-state index in [-0.39, 0.29) is 18.5 Å². The second kappa shape index (κ2) is 9.82. The fraction of sp³-hybridized carbons (Fsp3) is 0.333. The van der Waals surface area contributed by atoms with Gasteiger partial charge >= 0.3 is 5.97 Å². The minimum atomic E-state index is -1.08. The number of carboxylic acid groups (broad SMARTS) is 1. The molecule has 0 aliphatic rings. The van der Waals surface area contributed by atoms with E-state index in [0.29, 0.717) is 12.4 Å². The number of hydrogen-bond acceptors (Lipinski definition) is 3. The zero-order valence-corrected chi connectivity index (χ0v) is 15.7. The SMILES string of the molecule is CCOc1ccc(CC(CNC(=O)C(C)c2c(F)cccc2F)C(=O)O)cc1. The van der Waals surface area contributed by atoms with Gasteiger partial charge in [0, 0.05) is 12.1 Å². The summed E-state index contributed by atoms with van der Waals surface area (Å²) in [5, 5.41) is 11.9. The summed E-state index contributed by atoms with van der Waals surface area (Å²) in [6, 6.07) is 10.4. The number of carbonyl (C=O) groups is 2. The Labute approximate surface area is 162 Å². The zero-order valence-electron chi connectivity index (χ0n) is 15.7. The highest BCUT2D eigenvalue weighted by Gasteiger charge is 2.25. The molecule has 7 heteroatoms. The minimum absolute atomic E-state index is 0.151. The Morgan fingerprint density at radius 1 is 1.11 bits per heavy atom. The Morgan fingerprint density at radius 3 is 2.25 bits per heavy atom. The average molecular weight is 391 g/mol. The highest BCUT2D eigenvalue weighted by molar-refractivity contribution is 5.84. The van der Waals surface area contributed by atoms with Crippen LogP contribution in [0.5, 0.6) is 5.75 Å². The second-order valence-electron chi connectivity index (χ2n) is 6.42. The number of halogens is 2. The molecule has 0 bridgehead atoms. The number of hydrogen-bond donors (Lipinski definition) is 2. The van der Waals surface area contributed by atoms with E-state index in [1.54, 1.807) is 24.3 Å². The maximum atomic E-state index is 13.8. The van der Waals surface area contributed by atoms with E-state index in [1.165, 1.54) is 13.0 Å². The van der Waals surface area contributed by atoms with Crippen LogP contribution < -0.4 is 10.1 Å². The van der Waals surface area contributed by atoms with Gasteiger partial charge in [0.25, 0.3) is 0 Å². The average Bonchev–Trinajstić information content (AvgIpc) is 2.66. The van der Waals surface area contributed by atoms with Gasteiger partial charge in [-0.25, -0.2) is 8.78 Å². The third-order valence-electron chi connectivity index (χ3n) is 4.41. The van der Waals surface area contributed by atoms with E-state index in [0.717, 1.165) is 17.7 Å². The molecule has 2 aromatic carbocycles. The molecule has 2 atom stereocenters. The summed E-state index contributed by atoms with van der Waals surface area (Å²) in [7, 11) is 0. The van der Waals surface area contributed by atoms with E-state index >= 15 is 0 Å². The number of benzene rings is 2. The monoisotopic (exact) mass is 391 g/mol. The molecule has 0 spiro atoms. The molecule has 0 saturated heterocycles. The van der Waals surface area contributed by atoms with Crippen molar-refractivity contribution in [2.45, 2.75) is 26.2 Å². The predicted molar refractivity (Wildman–Crippen MR) is 100 cm³/mol. The number of carbonyl (C=O) groups excluding carboxylic acids is 1. The number of rotatable bonds is 9. The fourth-order valence-electron chi connectivity index (χ4n) is 2.85. The molecule has 1 amide bonds. The van der Waals surface area contributed by atoms with Crippen LogP contribution in [0.25, 0.3) is 0 Å². The third-order valence-corrected chi connectivity index (χ3v) is 4.41. The molecule has 150 valence electrons. The highest BCUT2D eigenvalue weighted by atomic mass is 19.1. The number of amides is 1.